The minimum atomic E-state index is -1.04. The quantitative estimate of drug-likeness (QED) is 0.109. The second-order valence-corrected chi connectivity index (χ2v) is 10.8. The van der Waals surface area contributed by atoms with Crippen LogP contribution in [0, 0.1) is 0 Å². The molecule has 4 N–H and O–H groups in total. The molecule has 0 fully saturated rings. The Hall–Kier alpha value is -5.35. The van der Waals surface area contributed by atoms with Crippen LogP contribution in [0.25, 0.3) is 6.08 Å². The lowest BCUT2D eigenvalue weighted by atomic mass is 10.1. The number of rotatable bonds is 12. The van der Waals surface area contributed by atoms with Crippen molar-refractivity contribution in [3.63, 3.8) is 0 Å². The molecule has 0 aliphatic heterocycles. The number of carboxylic acid groups (broad SMARTS) is 1. The molecular weight excluding hydrogens is 578 g/mol. The third-order valence-electron chi connectivity index (χ3n) is 6.37. The molecule has 3 amide bonds. The lowest BCUT2D eigenvalue weighted by Gasteiger charge is -2.16. The Morgan fingerprint density at radius 3 is 2.23 bits per heavy atom. The Balaban J connectivity index is 1.49. The first kappa shape index (κ1) is 31.6. The molecule has 0 saturated carbocycles. The zero-order valence-corrected chi connectivity index (χ0v) is 24.9. The van der Waals surface area contributed by atoms with Crippen molar-refractivity contribution in [1.29, 1.82) is 0 Å². The summed E-state index contributed by atoms with van der Waals surface area (Å²) in [6.45, 7) is 1.89. The van der Waals surface area contributed by atoms with Gasteiger partial charge in [-0.2, -0.15) is 0 Å². The number of methoxy groups -OCH3 is 1. The summed E-state index contributed by atoms with van der Waals surface area (Å²) in [6, 6.07) is 28.7. The number of hydrogen-bond donors (Lipinski definition) is 4. The molecule has 0 aromatic heterocycles. The highest BCUT2D eigenvalue weighted by Gasteiger charge is 2.20. The number of hydrogen-bond acceptors (Lipinski definition) is 6. The molecular formula is C34H31N3O6S. The topological polar surface area (TPSA) is 134 Å². The molecule has 1 atom stereocenters. The summed E-state index contributed by atoms with van der Waals surface area (Å²) in [5.74, 6) is -1.65. The van der Waals surface area contributed by atoms with Crippen molar-refractivity contribution < 1.29 is 29.0 Å². The first-order valence-corrected chi connectivity index (χ1v) is 14.6. The summed E-state index contributed by atoms with van der Waals surface area (Å²) >= 11 is 1.33. The van der Waals surface area contributed by atoms with Gasteiger partial charge < -0.3 is 25.8 Å². The van der Waals surface area contributed by atoms with Gasteiger partial charge in [-0.25, -0.2) is 4.79 Å². The van der Waals surface area contributed by atoms with Gasteiger partial charge in [-0.3, -0.25) is 14.4 Å². The highest BCUT2D eigenvalue weighted by molar-refractivity contribution is 8.00. The third-order valence-corrected chi connectivity index (χ3v) is 7.72. The molecule has 4 aromatic carbocycles. The van der Waals surface area contributed by atoms with E-state index >= 15 is 0 Å². The normalized spacial score (nSPS) is 11.6. The fourth-order valence-corrected chi connectivity index (χ4v) is 5.10. The summed E-state index contributed by atoms with van der Waals surface area (Å²) in [5.41, 5.74) is 2.19. The summed E-state index contributed by atoms with van der Waals surface area (Å²) in [7, 11) is 1.55. The highest BCUT2D eigenvalue weighted by atomic mass is 32.2. The van der Waals surface area contributed by atoms with Crippen molar-refractivity contribution >= 4 is 52.9 Å². The molecule has 0 aliphatic carbocycles. The van der Waals surface area contributed by atoms with E-state index in [9.17, 15) is 19.2 Å². The van der Waals surface area contributed by atoms with E-state index in [1.165, 1.54) is 23.9 Å². The van der Waals surface area contributed by atoms with Crippen LogP contribution < -0.4 is 20.7 Å². The Labute approximate surface area is 259 Å². The number of carbonyl (C=O) groups is 4. The third kappa shape index (κ3) is 8.83. The van der Waals surface area contributed by atoms with Gasteiger partial charge in [0.15, 0.2) is 0 Å². The van der Waals surface area contributed by atoms with Gasteiger partial charge in [-0.15, -0.1) is 11.8 Å². The van der Waals surface area contributed by atoms with Crippen molar-refractivity contribution in [2.75, 3.05) is 17.7 Å². The van der Waals surface area contributed by atoms with E-state index < -0.39 is 23.0 Å². The van der Waals surface area contributed by atoms with Crippen molar-refractivity contribution in [3.8, 4) is 5.75 Å². The number of aromatic carboxylic acids is 1. The summed E-state index contributed by atoms with van der Waals surface area (Å²) in [5, 5.41) is 17.0. The second-order valence-electron chi connectivity index (χ2n) is 9.52. The fourth-order valence-electron chi connectivity index (χ4n) is 4.09. The van der Waals surface area contributed by atoms with Crippen LogP contribution in [-0.4, -0.2) is 41.2 Å². The maximum absolute atomic E-state index is 13.5. The molecule has 4 rings (SSSR count). The van der Waals surface area contributed by atoms with E-state index in [4.69, 9.17) is 9.84 Å². The minimum Gasteiger partial charge on any atom is -0.497 e. The molecule has 9 nitrogen and oxygen atoms in total. The summed E-state index contributed by atoms with van der Waals surface area (Å²) < 4.78 is 5.29. The lowest BCUT2D eigenvalue weighted by molar-refractivity contribution is -0.116. The van der Waals surface area contributed by atoms with Gasteiger partial charge in [0.05, 0.1) is 17.9 Å². The van der Waals surface area contributed by atoms with Crippen LogP contribution >= 0.6 is 11.8 Å². The van der Waals surface area contributed by atoms with Gasteiger partial charge in [-0.1, -0.05) is 43.3 Å². The van der Waals surface area contributed by atoms with E-state index in [1.54, 1.807) is 98.1 Å². The number of anilines is 2. The van der Waals surface area contributed by atoms with Crippen LogP contribution in [0.3, 0.4) is 0 Å². The molecule has 0 radical (unpaired) electrons. The van der Waals surface area contributed by atoms with E-state index in [0.29, 0.717) is 34.7 Å². The number of nitrogens with one attached hydrogen (secondary N) is 3. The molecule has 0 bridgehead atoms. The average Bonchev–Trinajstić information content (AvgIpc) is 3.04. The lowest BCUT2D eigenvalue weighted by Crippen LogP contribution is -2.30. The first-order chi connectivity index (χ1) is 21.2. The Bertz CT molecular complexity index is 1670. The van der Waals surface area contributed by atoms with Gasteiger partial charge >= 0.3 is 5.97 Å². The van der Waals surface area contributed by atoms with Crippen molar-refractivity contribution in [1.82, 2.24) is 5.32 Å². The molecule has 0 aliphatic rings. The number of amides is 3. The standard InChI is InChI=1S/C34H31N3O6S/c1-3-30(33(40)35-25-17-15-24(16-18-25)34(41)42)44-28-14-8-12-26(21-28)36-32(39)29(20-22-9-7-13-27(19-22)43-2)37-31(38)23-10-5-4-6-11-23/h4-21,30H,3H2,1-2H3,(H,35,40)(H,36,39)(H,37,38)(H,41,42)/b29-20-. The van der Waals surface area contributed by atoms with Crippen molar-refractivity contribution in [2.24, 2.45) is 0 Å². The number of carboxylic acids is 1. The molecule has 0 spiro atoms. The van der Waals surface area contributed by atoms with Gasteiger partial charge in [0.1, 0.15) is 11.4 Å². The number of benzene rings is 4. The zero-order chi connectivity index (χ0) is 31.5. The van der Waals surface area contributed by atoms with Gasteiger partial charge in [0.2, 0.25) is 5.91 Å². The molecule has 10 heteroatoms. The smallest absolute Gasteiger partial charge is 0.335 e. The Morgan fingerprint density at radius 2 is 1.55 bits per heavy atom. The second kappa shape index (κ2) is 15.2. The molecule has 1 unspecified atom stereocenters. The zero-order valence-electron chi connectivity index (χ0n) is 24.1. The van der Waals surface area contributed by atoms with Crippen LogP contribution in [0.2, 0.25) is 0 Å². The maximum atomic E-state index is 13.5. The summed E-state index contributed by atoms with van der Waals surface area (Å²) in [6.07, 6.45) is 2.09. The van der Waals surface area contributed by atoms with Crippen LogP contribution in [0.15, 0.2) is 114 Å². The highest BCUT2D eigenvalue weighted by Crippen LogP contribution is 2.29. The van der Waals surface area contributed by atoms with Crippen molar-refractivity contribution in [2.45, 2.75) is 23.5 Å². The molecule has 0 heterocycles. The first-order valence-electron chi connectivity index (χ1n) is 13.7. The fraction of sp³-hybridized carbons (Fsp3) is 0.118. The molecule has 44 heavy (non-hydrogen) atoms. The van der Waals surface area contributed by atoms with E-state index in [-0.39, 0.29) is 17.2 Å². The maximum Gasteiger partial charge on any atom is 0.335 e. The molecule has 224 valence electrons. The van der Waals surface area contributed by atoms with Crippen molar-refractivity contribution in [3.05, 3.63) is 126 Å². The predicted octanol–water partition coefficient (Wildman–Crippen LogP) is 6.31. The van der Waals surface area contributed by atoms with Gasteiger partial charge in [-0.05, 0) is 84.8 Å². The largest absolute Gasteiger partial charge is 0.497 e. The average molecular weight is 610 g/mol. The molecule has 0 saturated heterocycles. The SMILES string of the molecule is CCC(Sc1cccc(NC(=O)/C(=C/c2cccc(OC)c2)NC(=O)c2ccccc2)c1)C(=O)Nc1ccc(C(=O)O)cc1. The number of thioether (sulfide) groups is 1. The van der Waals surface area contributed by atoms with E-state index in [0.717, 1.165) is 4.90 Å². The summed E-state index contributed by atoms with van der Waals surface area (Å²) in [4.78, 5) is 51.2. The Morgan fingerprint density at radius 1 is 0.818 bits per heavy atom. The van der Waals surface area contributed by atoms with Crippen LogP contribution in [-0.2, 0) is 9.59 Å². The van der Waals surface area contributed by atoms with Gasteiger partial charge in [0.25, 0.3) is 11.8 Å². The van der Waals surface area contributed by atoms with Crippen LogP contribution in [0.5, 0.6) is 5.75 Å². The van der Waals surface area contributed by atoms with Crippen LogP contribution in [0.4, 0.5) is 11.4 Å². The predicted molar refractivity (Wildman–Crippen MR) is 172 cm³/mol. The molecule has 4 aromatic rings. The van der Waals surface area contributed by atoms with Gasteiger partial charge in [0, 0.05) is 21.8 Å². The number of ether oxygens (including phenoxy) is 1. The monoisotopic (exact) mass is 609 g/mol. The minimum absolute atomic E-state index is 0.0323. The van der Waals surface area contributed by atoms with E-state index in [2.05, 4.69) is 16.0 Å². The van der Waals surface area contributed by atoms with Crippen LogP contribution in [0.1, 0.15) is 39.6 Å². The number of carbonyl (C=O) groups excluding carboxylic acids is 3. The Kier molecular flexibility index (Phi) is 10.9. The van der Waals surface area contributed by atoms with E-state index in [1.807, 2.05) is 13.0 Å².